The lowest BCUT2D eigenvalue weighted by molar-refractivity contribution is -0.123. The Morgan fingerprint density at radius 3 is 2.74 bits per heavy atom. The normalized spacial score (nSPS) is 15.0. The molecule has 0 aliphatic heterocycles. The van der Waals surface area contributed by atoms with E-state index in [4.69, 9.17) is 10.5 Å². The Kier molecular flexibility index (Phi) is 9.54. The van der Waals surface area contributed by atoms with Gasteiger partial charge in [0, 0.05) is 12.1 Å². The molecule has 206 valence electrons. The molecule has 3 aromatic rings. The molecule has 0 unspecified atom stereocenters. The van der Waals surface area contributed by atoms with Crippen LogP contribution in [0.2, 0.25) is 0 Å². The maximum absolute atomic E-state index is 13.7. The molecule has 1 saturated carbocycles. The highest BCUT2D eigenvalue weighted by Gasteiger charge is 2.25. The number of nitrogens with two attached hydrogens (primary N) is 1. The predicted molar refractivity (Wildman–Crippen MR) is 143 cm³/mol. The van der Waals surface area contributed by atoms with Crippen molar-refractivity contribution in [1.29, 1.82) is 0 Å². The van der Waals surface area contributed by atoms with Crippen LogP contribution in [0.3, 0.4) is 0 Å². The monoisotopic (exact) mass is 536 g/mol. The van der Waals surface area contributed by atoms with Crippen molar-refractivity contribution in [3.05, 3.63) is 59.4 Å². The fraction of sp³-hybridized carbons (Fsp3) is 0.407. The molecule has 1 aliphatic carbocycles. The number of aromatic amines is 1. The largest absolute Gasteiger partial charge is 0.494 e. The Morgan fingerprint density at radius 1 is 1.18 bits per heavy atom. The number of rotatable bonds is 10. The zero-order chi connectivity index (χ0) is 27.6. The summed E-state index contributed by atoms with van der Waals surface area (Å²) in [6.45, 7) is 0.176. The van der Waals surface area contributed by atoms with Crippen LogP contribution in [0.1, 0.15) is 49.7 Å². The molecule has 1 aromatic heterocycles. The third-order valence-corrected chi connectivity index (χ3v) is 6.72. The van der Waals surface area contributed by atoms with Crippen LogP contribution in [0, 0.1) is 11.7 Å². The number of carbonyl (C=O) groups excluding carboxylic acids is 2. The summed E-state index contributed by atoms with van der Waals surface area (Å²) in [6, 6.07) is 10.9. The van der Waals surface area contributed by atoms with E-state index in [0.717, 1.165) is 36.8 Å². The number of H-pyrrole nitrogens is 1. The van der Waals surface area contributed by atoms with Gasteiger partial charge >= 0.3 is 0 Å². The third kappa shape index (κ3) is 8.06. The number of methoxy groups -OCH3 is 1. The lowest BCUT2D eigenvalue weighted by atomic mass is 9.84. The number of halogens is 1. The van der Waals surface area contributed by atoms with Gasteiger partial charge in [0.1, 0.15) is 6.04 Å². The lowest BCUT2D eigenvalue weighted by Crippen LogP contribution is -2.42. The second kappa shape index (κ2) is 13.4. The number of aliphatic imine (C=N–C) groups is 1. The number of amides is 2. The van der Waals surface area contributed by atoms with Gasteiger partial charge in [-0.2, -0.15) is 5.21 Å². The first-order valence-corrected chi connectivity index (χ1v) is 13.0. The van der Waals surface area contributed by atoms with Crippen LogP contribution in [-0.4, -0.2) is 51.5 Å². The molecule has 1 atom stereocenters. The Bertz CT molecular complexity index is 1290. The molecule has 2 amide bonds. The first kappa shape index (κ1) is 27.7. The van der Waals surface area contributed by atoms with Crippen molar-refractivity contribution < 1.29 is 18.7 Å². The zero-order valence-corrected chi connectivity index (χ0v) is 21.8. The molecule has 12 heteroatoms. The average Bonchev–Trinajstić information content (AvgIpc) is 3.48. The van der Waals surface area contributed by atoms with Crippen LogP contribution in [-0.2, 0) is 22.6 Å². The number of guanidine groups is 1. The number of benzene rings is 2. The van der Waals surface area contributed by atoms with Gasteiger partial charge in [0.15, 0.2) is 17.5 Å². The summed E-state index contributed by atoms with van der Waals surface area (Å²) in [6.07, 6.45) is 6.06. The maximum Gasteiger partial charge on any atom is 0.245 e. The molecule has 0 saturated heterocycles. The van der Waals surface area contributed by atoms with Crippen LogP contribution >= 0.6 is 0 Å². The number of ether oxygens (including phenoxy) is 1. The van der Waals surface area contributed by atoms with Crippen molar-refractivity contribution in [3.63, 3.8) is 0 Å². The van der Waals surface area contributed by atoms with Crippen molar-refractivity contribution in [2.24, 2.45) is 16.6 Å². The van der Waals surface area contributed by atoms with E-state index in [1.54, 1.807) is 24.3 Å². The summed E-state index contributed by atoms with van der Waals surface area (Å²) in [4.78, 5) is 30.3. The number of tetrazole rings is 1. The molecule has 0 bridgehead atoms. The number of nitrogens with zero attached hydrogens (tertiary/aromatic N) is 4. The Morgan fingerprint density at radius 2 is 2.00 bits per heavy atom. The summed E-state index contributed by atoms with van der Waals surface area (Å²) in [5, 5.41) is 19.3. The molecule has 1 aliphatic rings. The molecule has 11 nitrogen and oxygen atoms in total. The van der Waals surface area contributed by atoms with Gasteiger partial charge in [-0.05, 0) is 46.9 Å². The molecule has 1 heterocycles. The highest BCUT2D eigenvalue weighted by Crippen LogP contribution is 2.28. The van der Waals surface area contributed by atoms with Crippen LogP contribution in [0.5, 0.6) is 5.75 Å². The zero-order valence-electron chi connectivity index (χ0n) is 21.8. The van der Waals surface area contributed by atoms with E-state index in [1.807, 2.05) is 6.07 Å². The van der Waals surface area contributed by atoms with Gasteiger partial charge in [0.25, 0.3) is 0 Å². The minimum atomic E-state index is -0.766. The van der Waals surface area contributed by atoms with E-state index < -0.39 is 11.9 Å². The van der Waals surface area contributed by atoms with Crippen molar-refractivity contribution >= 4 is 17.8 Å². The molecule has 0 spiro atoms. The van der Waals surface area contributed by atoms with E-state index in [0.29, 0.717) is 23.7 Å². The van der Waals surface area contributed by atoms with Crippen LogP contribution in [0.4, 0.5) is 4.39 Å². The summed E-state index contributed by atoms with van der Waals surface area (Å²) in [5.41, 5.74) is 8.23. The smallest absolute Gasteiger partial charge is 0.245 e. The highest BCUT2D eigenvalue weighted by atomic mass is 19.1. The lowest BCUT2D eigenvalue weighted by Gasteiger charge is -2.24. The molecular formula is C27H33FN8O3. The minimum Gasteiger partial charge on any atom is -0.494 e. The fourth-order valence-electron chi connectivity index (χ4n) is 4.76. The predicted octanol–water partition coefficient (Wildman–Crippen LogP) is 2.64. The second-order valence-corrected chi connectivity index (χ2v) is 9.62. The number of hydrogen-bond acceptors (Lipinski definition) is 7. The van der Waals surface area contributed by atoms with E-state index in [1.165, 1.54) is 25.7 Å². The first-order chi connectivity index (χ1) is 18.9. The van der Waals surface area contributed by atoms with Crippen molar-refractivity contribution in [2.45, 2.75) is 57.5 Å². The fourth-order valence-corrected chi connectivity index (χ4v) is 4.76. The number of aromatic nitrogens is 4. The topological polar surface area (TPSA) is 160 Å². The summed E-state index contributed by atoms with van der Waals surface area (Å²) < 4.78 is 18.8. The Labute approximate surface area is 225 Å². The first-order valence-electron chi connectivity index (χ1n) is 13.0. The van der Waals surface area contributed by atoms with Crippen LogP contribution in [0.15, 0.2) is 47.5 Å². The van der Waals surface area contributed by atoms with Gasteiger partial charge < -0.3 is 15.8 Å². The van der Waals surface area contributed by atoms with Crippen molar-refractivity contribution in [3.8, 4) is 17.1 Å². The summed E-state index contributed by atoms with van der Waals surface area (Å²) in [5.74, 6) is -0.389. The molecule has 0 radical (unpaired) electrons. The quantitative estimate of drug-likeness (QED) is 0.229. The van der Waals surface area contributed by atoms with Crippen molar-refractivity contribution in [1.82, 2.24) is 31.3 Å². The van der Waals surface area contributed by atoms with Crippen molar-refractivity contribution in [2.75, 3.05) is 7.11 Å². The van der Waals surface area contributed by atoms with Crippen LogP contribution in [0.25, 0.3) is 11.4 Å². The molecule has 4 rings (SSSR count). The molecule has 5 N–H and O–H groups in total. The van der Waals surface area contributed by atoms with E-state index in [2.05, 4.69) is 36.3 Å². The van der Waals surface area contributed by atoms with Gasteiger partial charge in [-0.3, -0.25) is 14.9 Å². The number of nitrogens with one attached hydrogen (secondary N) is 3. The van der Waals surface area contributed by atoms with Gasteiger partial charge in [-0.1, -0.05) is 56.4 Å². The maximum atomic E-state index is 13.7. The van der Waals surface area contributed by atoms with E-state index in [9.17, 15) is 14.0 Å². The van der Waals surface area contributed by atoms with Gasteiger partial charge in [0.2, 0.25) is 17.6 Å². The van der Waals surface area contributed by atoms with E-state index >= 15 is 0 Å². The van der Waals surface area contributed by atoms with Crippen LogP contribution < -0.4 is 21.1 Å². The highest BCUT2D eigenvalue weighted by molar-refractivity contribution is 5.98. The minimum absolute atomic E-state index is 0.0494. The number of carbonyl (C=O) groups is 2. The number of hydrogen-bond donors (Lipinski definition) is 4. The van der Waals surface area contributed by atoms with E-state index in [-0.39, 0.29) is 36.5 Å². The molecular weight excluding hydrogens is 503 g/mol. The van der Waals surface area contributed by atoms with Gasteiger partial charge in [0.05, 0.1) is 13.5 Å². The molecule has 2 aromatic carbocycles. The third-order valence-electron chi connectivity index (χ3n) is 6.72. The SMILES string of the molecule is COc1cc(CNC(=O)[C@@H](CC2CCCCC2)N=C(N)NC(=O)Cc2cccc(-c3nn[nH]n3)c2)ccc1F. The standard InChI is InChI=1S/C27H33FN8O3/c1-39-23-14-19(10-11-21(23)28)16-30-26(38)22(13-17-6-3-2-4-7-17)31-27(29)32-24(37)15-18-8-5-9-20(12-18)25-33-35-36-34-25/h5,8-12,14,17,22H,2-4,6-7,13,15-16H2,1H3,(H,30,38)(H3,29,31,32,37)(H,33,34,35,36)/t22-/m1/s1. The summed E-state index contributed by atoms with van der Waals surface area (Å²) >= 11 is 0. The Hall–Kier alpha value is -4.35. The van der Waals surface area contributed by atoms with Gasteiger partial charge in [-0.15, -0.1) is 10.2 Å². The van der Waals surface area contributed by atoms with Gasteiger partial charge in [-0.25, -0.2) is 9.38 Å². The summed E-state index contributed by atoms with van der Waals surface area (Å²) in [7, 11) is 1.39. The molecule has 39 heavy (non-hydrogen) atoms. The average molecular weight is 537 g/mol. The Balaban J connectivity index is 1.40. The second-order valence-electron chi connectivity index (χ2n) is 9.62. The molecule has 1 fully saturated rings.